The van der Waals surface area contributed by atoms with Crippen LogP contribution in [-0.2, 0) is 11.3 Å². The number of nitrogens with one attached hydrogen (secondary N) is 1. The minimum absolute atomic E-state index is 0.0822. The molecule has 0 spiro atoms. The maximum atomic E-state index is 13.6. The van der Waals surface area contributed by atoms with Gasteiger partial charge in [0, 0.05) is 5.56 Å². The molecule has 0 aliphatic carbocycles. The van der Waals surface area contributed by atoms with E-state index in [0.29, 0.717) is 12.0 Å². The van der Waals surface area contributed by atoms with Crippen LogP contribution < -0.4 is 10.1 Å². The number of carbonyl (C=O) groups excluding carboxylic acids is 2. The van der Waals surface area contributed by atoms with Crippen molar-refractivity contribution in [1.29, 1.82) is 0 Å². The molecule has 5 nitrogen and oxygen atoms in total. The van der Waals surface area contributed by atoms with E-state index in [2.05, 4.69) is 5.32 Å². The van der Waals surface area contributed by atoms with Gasteiger partial charge in [-0.15, -0.1) is 0 Å². The van der Waals surface area contributed by atoms with Gasteiger partial charge in [-0.3, -0.25) is 9.59 Å². The van der Waals surface area contributed by atoms with Gasteiger partial charge >= 0.3 is 0 Å². The average Bonchev–Trinajstić information content (AvgIpc) is 3.00. The maximum absolute atomic E-state index is 13.6. The zero-order chi connectivity index (χ0) is 15.2. The van der Waals surface area contributed by atoms with Crippen LogP contribution in [0.15, 0.2) is 41.0 Å². The molecule has 0 saturated carbocycles. The van der Waals surface area contributed by atoms with Crippen molar-refractivity contribution in [2.24, 2.45) is 0 Å². The van der Waals surface area contributed by atoms with E-state index in [4.69, 9.17) is 9.15 Å². The van der Waals surface area contributed by atoms with E-state index in [1.54, 1.807) is 12.1 Å². The van der Waals surface area contributed by atoms with Gasteiger partial charge < -0.3 is 14.5 Å². The monoisotopic (exact) mass is 291 g/mol. The van der Waals surface area contributed by atoms with Crippen LogP contribution in [0.2, 0.25) is 0 Å². The molecule has 2 aromatic rings. The Labute approximate surface area is 120 Å². The standard InChI is InChI=1S/C15H14FNO4/c1-10(15(19)17-8-12-3-2-6-20-12)21-14-5-4-11(9-18)7-13(14)16/h2-7,9-10H,8H2,1H3,(H,17,19). The van der Waals surface area contributed by atoms with Crippen LogP contribution in [0.4, 0.5) is 4.39 Å². The SMILES string of the molecule is CC(Oc1ccc(C=O)cc1F)C(=O)NCc1ccco1. The van der Waals surface area contributed by atoms with Crippen molar-refractivity contribution in [3.05, 3.63) is 53.7 Å². The largest absolute Gasteiger partial charge is 0.478 e. The van der Waals surface area contributed by atoms with E-state index < -0.39 is 17.8 Å². The van der Waals surface area contributed by atoms with Crippen molar-refractivity contribution in [3.63, 3.8) is 0 Å². The Kier molecular flexibility index (Phi) is 4.71. The summed E-state index contributed by atoms with van der Waals surface area (Å²) in [6.45, 7) is 1.73. The van der Waals surface area contributed by atoms with Crippen molar-refractivity contribution in [2.45, 2.75) is 19.6 Å². The third-order valence-electron chi connectivity index (χ3n) is 2.78. The number of hydrogen-bond donors (Lipinski definition) is 1. The number of furan rings is 1. The smallest absolute Gasteiger partial charge is 0.261 e. The fraction of sp³-hybridized carbons (Fsp3) is 0.200. The maximum Gasteiger partial charge on any atom is 0.261 e. The quantitative estimate of drug-likeness (QED) is 0.829. The molecular weight excluding hydrogens is 277 g/mol. The predicted molar refractivity (Wildman–Crippen MR) is 72.4 cm³/mol. The molecule has 1 atom stereocenters. The average molecular weight is 291 g/mol. The number of amides is 1. The Hall–Kier alpha value is -2.63. The number of benzene rings is 1. The molecule has 1 aromatic heterocycles. The van der Waals surface area contributed by atoms with Crippen molar-refractivity contribution < 1.29 is 23.1 Å². The Bertz CT molecular complexity index is 625. The lowest BCUT2D eigenvalue weighted by Crippen LogP contribution is -2.36. The second-order valence-corrected chi connectivity index (χ2v) is 4.36. The summed E-state index contributed by atoms with van der Waals surface area (Å²) >= 11 is 0. The van der Waals surface area contributed by atoms with Gasteiger partial charge in [0.2, 0.25) is 0 Å². The van der Waals surface area contributed by atoms with E-state index in [1.807, 2.05) is 0 Å². The first-order valence-electron chi connectivity index (χ1n) is 6.31. The van der Waals surface area contributed by atoms with Gasteiger partial charge in [-0.2, -0.15) is 0 Å². The summed E-state index contributed by atoms with van der Waals surface area (Å²) < 4.78 is 24.0. The first-order chi connectivity index (χ1) is 10.1. The van der Waals surface area contributed by atoms with E-state index in [-0.39, 0.29) is 17.9 Å². The number of aldehydes is 1. The van der Waals surface area contributed by atoms with Crippen LogP contribution in [0.5, 0.6) is 5.75 Å². The second kappa shape index (κ2) is 6.69. The van der Waals surface area contributed by atoms with Gasteiger partial charge in [0.05, 0.1) is 12.8 Å². The first kappa shape index (κ1) is 14.8. The fourth-order valence-electron chi connectivity index (χ4n) is 1.66. The molecule has 0 fully saturated rings. The first-order valence-corrected chi connectivity index (χ1v) is 6.31. The normalized spacial score (nSPS) is 11.7. The number of carbonyl (C=O) groups is 2. The van der Waals surface area contributed by atoms with Gasteiger partial charge in [0.15, 0.2) is 17.7 Å². The number of ether oxygens (including phenoxy) is 1. The molecule has 1 unspecified atom stereocenters. The lowest BCUT2D eigenvalue weighted by atomic mass is 10.2. The third-order valence-corrected chi connectivity index (χ3v) is 2.78. The molecule has 6 heteroatoms. The van der Waals surface area contributed by atoms with E-state index in [9.17, 15) is 14.0 Å². The predicted octanol–water partition coefficient (Wildman–Crippen LogP) is 2.31. The molecule has 110 valence electrons. The van der Waals surface area contributed by atoms with Gasteiger partial charge in [-0.05, 0) is 37.3 Å². The lowest BCUT2D eigenvalue weighted by Gasteiger charge is -2.14. The lowest BCUT2D eigenvalue weighted by molar-refractivity contribution is -0.127. The number of hydrogen-bond acceptors (Lipinski definition) is 4. The highest BCUT2D eigenvalue weighted by Crippen LogP contribution is 2.19. The van der Waals surface area contributed by atoms with Crippen molar-refractivity contribution >= 4 is 12.2 Å². The number of rotatable bonds is 6. The minimum atomic E-state index is -0.878. The van der Waals surface area contributed by atoms with Crippen molar-refractivity contribution in [2.75, 3.05) is 0 Å². The van der Waals surface area contributed by atoms with Crippen LogP contribution in [0, 0.1) is 5.82 Å². The Balaban J connectivity index is 1.92. The second-order valence-electron chi connectivity index (χ2n) is 4.36. The zero-order valence-electron chi connectivity index (χ0n) is 11.3. The molecule has 0 aliphatic rings. The van der Waals surface area contributed by atoms with Crippen molar-refractivity contribution in [3.8, 4) is 5.75 Å². The van der Waals surface area contributed by atoms with Gasteiger partial charge in [0.1, 0.15) is 12.0 Å². The number of halogens is 1. The Morgan fingerprint density at radius 2 is 2.29 bits per heavy atom. The molecule has 1 heterocycles. The summed E-state index contributed by atoms with van der Waals surface area (Å²) in [5, 5.41) is 2.61. The van der Waals surface area contributed by atoms with Crippen LogP contribution in [0.3, 0.4) is 0 Å². The molecule has 0 aliphatic heterocycles. The molecular formula is C15H14FNO4. The summed E-state index contributed by atoms with van der Waals surface area (Å²) in [5.74, 6) is -0.561. The summed E-state index contributed by atoms with van der Waals surface area (Å²) in [5.41, 5.74) is 0.203. The van der Waals surface area contributed by atoms with Gasteiger partial charge in [0.25, 0.3) is 5.91 Å². The van der Waals surface area contributed by atoms with Gasteiger partial charge in [-0.1, -0.05) is 0 Å². The molecule has 1 aromatic carbocycles. The highest BCUT2D eigenvalue weighted by molar-refractivity contribution is 5.80. The van der Waals surface area contributed by atoms with Crippen LogP contribution in [-0.4, -0.2) is 18.3 Å². The Morgan fingerprint density at radius 3 is 2.90 bits per heavy atom. The van der Waals surface area contributed by atoms with E-state index in [1.165, 1.54) is 25.3 Å². The van der Waals surface area contributed by atoms with E-state index >= 15 is 0 Å². The molecule has 2 rings (SSSR count). The van der Waals surface area contributed by atoms with E-state index in [0.717, 1.165) is 6.07 Å². The molecule has 0 bridgehead atoms. The molecule has 1 N–H and O–H groups in total. The van der Waals surface area contributed by atoms with Crippen LogP contribution >= 0.6 is 0 Å². The van der Waals surface area contributed by atoms with Gasteiger partial charge in [-0.25, -0.2) is 4.39 Å². The van der Waals surface area contributed by atoms with Crippen LogP contribution in [0.1, 0.15) is 23.0 Å². The summed E-state index contributed by atoms with van der Waals surface area (Å²) in [6.07, 6.45) is 1.16. The summed E-state index contributed by atoms with van der Waals surface area (Å²) in [7, 11) is 0. The van der Waals surface area contributed by atoms with Crippen LogP contribution in [0.25, 0.3) is 0 Å². The zero-order valence-corrected chi connectivity index (χ0v) is 11.3. The summed E-state index contributed by atoms with van der Waals surface area (Å²) in [6, 6.07) is 7.22. The third kappa shape index (κ3) is 3.92. The molecule has 1 amide bonds. The topological polar surface area (TPSA) is 68.5 Å². The minimum Gasteiger partial charge on any atom is -0.478 e. The highest BCUT2D eigenvalue weighted by atomic mass is 19.1. The van der Waals surface area contributed by atoms with Crippen molar-refractivity contribution in [1.82, 2.24) is 5.32 Å². The highest BCUT2D eigenvalue weighted by Gasteiger charge is 2.16. The summed E-state index contributed by atoms with van der Waals surface area (Å²) in [4.78, 5) is 22.3. The Morgan fingerprint density at radius 1 is 1.48 bits per heavy atom. The molecule has 0 saturated heterocycles. The fourth-order valence-corrected chi connectivity index (χ4v) is 1.66. The molecule has 21 heavy (non-hydrogen) atoms. The molecule has 0 radical (unpaired) electrons.